The van der Waals surface area contributed by atoms with Crippen molar-refractivity contribution in [3.05, 3.63) is 41.0 Å². The molecule has 0 saturated carbocycles. The Bertz CT molecular complexity index is 629. The molecule has 0 aliphatic carbocycles. The average Bonchev–Trinajstić information content (AvgIpc) is 3.04. The monoisotopic (exact) mass is 301 g/mol. The van der Waals surface area contributed by atoms with Gasteiger partial charge >= 0.3 is 0 Å². The minimum atomic E-state index is -0.557. The van der Waals surface area contributed by atoms with Crippen molar-refractivity contribution in [3.8, 4) is 0 Å². The predicted octanol–water partition coefficient (Wildman–Crippen LogP) is 2.05. The Labute approximate surface area is 129 Å². The lowest BCUT2D eigenvalue weighted by Gasteiger charge is -2.23. The third-order valence-corrected chi connectivity index (χ3v) is 4.28. The molecule has 3 rings (SSSR count). The number of ether oxygens (including phenoxy) is 2. The molecule has 1 aromatic carbocycles. The first-order valence-electron chi connectivity index (χ1n) is 7.33. The van der Waals surface area contributed by atoms with Gasteiger partial charge in [0.25, 0.3) is 6.47 Å². The molecule has 0 spiro atoms. The van der Waals surface area contributed by atoms with Gasteiger partial charge < -0.3 is 14.8 Å². The fourth-order valence-electron chi connectivity index (χ4n) is 3.38. The number of hydrogen-bond acceptors (Lipinski definition) is 4. The lowest BCUT2D eigenvalue weighted by atomic mass is 9.90. The number of carbonyl (C=O) groups excluding carboxylic acids is 2. The number of rotatable bonds is 4. The predicted molar refractivity (Wildman–Crippen MR) is 81.5 cm³/mol. The quantitative estimate of drug-likeness (QED) is 0.683. The summed E-state index contributed by atoms with van der Waals surface area (Å²) < 4.78 is 10.7. The van der Waals surface area contributed by atoms with E-state index in [-0.39, 0.29) is 18.1 Å². The van der Waals surface area contributed by atoms with Crippen LogP contribution in [0.5, 0.6) is 0 Å². The van der Waals surface area contributed by atoms with Crippen LogP contribution in [0.3, 0.4) is 0 Å². The second kappa shape index (κ2) is 5.57. The highest BCUT2D eigenvalue weighted by Crippen LogP contribution is 2.37. The summed E-state index contributed by atoms with van der Waals surface area (Å²) in [6, 6.07) is 4.05. The molecule has 0 aromatic heterocycles. The van der Waals surface area contributed by atoms with Crippen molar-refractivity contribution < 1.29 is 19.1 Å². The fraction of sp³-hybridized carbons (Fsp3) is 0.412. The van der Waals surface area contributed by atoms with Crippen LogP contribution in [0.2, 0.25) is 0 Å². The van der Waals surface area contributed by atoms with E-state index in [4.69, 9.17) is 9.47 Å². The summed E-state index contributed by atoms with van der Waals surface area (Å²) in [6.45, 7) is 6.33. The first-order valence-corrected chi connectivity index (χ1v) is 7.33. The highest BCUT2D eigenvalue weighted by Gasteiger charge is 2.51. The number of hydrogen-bond donors (Lipinski definition) is 1. The van der Waals surface area contributed by atoms with E-state index in [1.807, 2.05) is 45.1 Å². The summed E-state index contributed by atoms with van der Waals surface area (Å²) >= 11 is 0. The van der Waals surface area contributed by atoms with Crippen LogP contribution in [0.15, 0.2) is 24.3 Å². The molecule has 2 aliphatic heterocycles. The molecule has 5 nitrogen and oxygen atoms in total. The Morgan fingerprint density at radius 3 is 2.45 bits per heavy atom. The number of anilines is 1. The van der Waals surface area contributed by atoms with Gasteiger partial charge in [-0.25, -0.2) is 0 Å². The van der Waals surface area contributed by atoms with E-state index in [0.717, 1.165) is 22.4 Å². The summed E-state index contributed by atoms with van der Waals surface area (Å²) in [4.78, 5) is 23.3. The van der Waals surface area contributed by atoms with Crippen LogP contribution in [0.25, 0.3) is 0 Å². The van der Waals surface area contributed by atoms with Crippen molar-refractivity contribution in [2.45, 2.75) is 39.1 Å². The van der Waals surface area contributed by atoms with Gasteiger partial charge in [0.2, 0.25) is 5.91 Å². The van der Waals surface area contributed by atoms with Crippen LogP contribution in [0.1, 0.15) is 16.7 Å². The third-order valence-electron chi connectivity index (χ3n) is 4.28. The first kappa shape index (κ1) is 14.8. The zero-order chi connectivity index (χ0) is 15.9. The Morgan fingerprint density at radius 2 is 1.82 bits per heavy atom. The molecule has 1 aromatic rings. The normalized spacial score (nSPS) is 28.7. The second-order valence-electron chi connectivity index (χ2n) is 5.94. The van der Waals surface area contributed by atoms with E-state index in [1.54, 1.807) is 0 Å². The zero-order valence-electron chi connectivity index (χ0n) is 12.8. The SMILES string of the molecule is Cc1cc(C)c(NC(=O)C2C3C=CC(O3)C2OC=O)c(C)c1. The molecule has 2 aliphatic rings. The van der Waals surface area contributed by atoms with Crippen molar-refractivity contribution >= 4 is 18.1 Å². The lowest BCUT2D eigenvalue weighted by Crippen LogP contribution is -2.40. The maximum Gasteiger partial charge on any atom is 0.293 e. The molecule has 1 fully saturated rings. The maximum atomic E-state index is 12.7. The van der Waals surface area contributed by atoms with Crippen LogP contribution in [-0.2, 0) is 19.1 Å². The second-order valence-corrected chi connectivity index (χ2v) is 5.94. The molecule has 1 saturated heterocycles. The van der Waals surface area contributed by atoms with Crippen molar-refractivity contribution in [2.24, 2.45) is 5.92 Å². The highest BCUT2D eigenvalue weighted by atomic mass is 16.6. The Morgan fingerprint density at radius 1 is 1.18 bits per heavy atom. The summed E-state index contributed by atoms with van der Waals surface area (Å²) in [6.07, 6.45) is 2.48. The molecule has 116 valence electrons. The third kappa shape index (κ3) is 2.41. The van der Waals surface area contributed by atoms with Gasteiger partial charge in [0, 0.05) is 5.69 Å². The number of benzene rings is 1. The van der Waals surface area contributed by atoms with E-state index in [0.29, 0.717) is 6.47 Å². The van der Waals surface area contributed by atoms with Gasteiger partial charge in [-0.15, -0.1) is 0 Å². The number of aryl methyl sites for hydroxylation is 3. The van der Waals surface area contributed by atoms with Crippen LogP contribution in [0.4, 0.5) is 5.69 Å². The Balaban J connectivity index is 1.83. The molecule has 0 radical (unpaired) electrons. The topological polar surface area (TPSA) is 64.6 Å². The standard InChI is InChI=1S/C17H19NO4/c1-9-6-10(2)15(11(3)7-9)18-17(20)14-12-4-5-13(22-12)16(14)21-8-19/h4-8,12-14,16H,1-3H3,(H,18,20). The van der Waals surface area contributed by atoms with Crippen molar-refractivity contribution in [2.75, 3.05) is 5.32 Å². The summed E-state index contributed by atoms with van der Waals surface area (Å²) in [5.41, 5.74) is 3.99. The molecule has 22 heavy (non-hydrogen) atoms. The van der Waals surface area contributed by atoms with Crippen LogP contribution in [0, 0.1) is 26.7 Å². The molecule has 1 N–H and O–H groups in total. The molecular weight excluding hydrogens is 282 g/mol. The molecule has 4 unspecified atom stereocenters. The number of amides is 1. The minimum absolute atomic E-state index is 0.182. The summed E-state index contributed by atoms with van der Waals surface area (Å²) in [7, 11) is 0. The van der Waals surface area contributed by atoms with E-state index < -0.39 is 12.0 Å². The van der Waals surface area contributed by atoms with Gasteiger partial charge in [-0.2, -0.15) is 0 Å². The van der Waals surface area contributed by atoms with Crippen molar-refractivity contribution in [3.63, 3.8) is 0 Å². The fourth-order valence-corrected chi connectivity index (χ4v) is 3.38. The maximum absolute atomic E-state index is 12.7. The Hall–Kier alpha value is -2.14. The molecule has 5 heteroatoms. The molecule has 2 heterocycles. The number of carbonyl (C=O) groups is 2. The van der Waals surface area contributed by atoms with E-state index in [9.17, 15) is 9.59 Å². The average molecular weight is 301 g/mol. The van der Waals surface area contributed by atoms with E-state index in [2.05, 4.69) is 5.32 Å². The Kier molecular flexibility index (Phi) is 3.74. The highest BCUT2D eigenvalue weighted by molar-refractivity contribution is 5.95. The molecule has 1 amide bonds. The van der Waals surface area contributed by atoms with Gasteiger partial charge in [-0.3, -0.25) is 9.59 Å². The lowest BCUT2D eigenvalue weighted by molar-refractivity contribution is -0.138. The van der Waals surface area contributed by atoms with Crippen molar-refractivity contribution in [1.29, 1.82) is 0 Å². The minimum Gasteiger partial charge on any atom is -0.460 e. The van der Waals surface area contributed by atoms with Gasteiger partial charge in [-0.05, 0) is 31.9 Å². The molecule has 2 bridgehead atoms. The summed E-state index contributed by atoms with van der Waals surface area (Å²) in [5.74, 6) is -0.695. The van der Waals surface area contributed by atoms with Gasteiger partial charge in [0.15, 0.2) is 0 Å². The van der Waals surface area contributed by atoms with Crippen LogP contribution >= 0.6 is 0 Å². The van der Waals surface area contributed by atoms with Gasteiger partial charge in [-0.1, -0.05) is 29.8 Å². The largest absolute Gasteiger partial charge is 0.460 e. The van der Waals surface area contributed by atoms with E-state index in [1.165, 1.54) is 0 Å². The van der Waals surface area contributed by atoms with Gasteiger partial charge in [0.1, 0.15) is 18.1 Å². The molecular formula is C17H19NO4. The van der Waals surface area contributed by atoms with Crippen LogP contribution < -0.4 is 5.32 Å². The smallest absolute Gasteiger partial charge is 0.293 e. The number of fused-ring (bicyclic) bond motifs is 2. The molecule has 4 atom stereocenters. The van der Waals surface area contributed by atoms with Crippen molar-refractivity contribution in [1.82, 2.24) is 0 Å². The van der Waals surface area contributed by atoms with E-state index >= 15 is 0 Å². The first-order chi connectivity index (χ1) is 10.5. The van der Waals surface area contributed by atoms with Gasteiger partial charge in [0.05, 0.1) is 6.10 Å². The summed E-state index contributed by atoms with van der Waals surface area (Å²) in [5, 5.41) is 2.97. The number of nitrogens with one attached hydrogen (secondary N) is 1. The van der Waals surface area contributed by atoms with Crippen LogP contribution in [-0.4, -0.2) is 30.7 Å². The zero-order valence-corrected chi connectivity index (χ0v) is 12.8.